The molecule has 0 aromatic rings. The largest absolute Gasteiger partial charge is 0.0475 e. The highest BCUT2D eigenvalue weighted by Crippen LogP contribution is 2.53. The molecule has 0 aromatic heterocycles. The molecule has 0 nitrogen and oxygen atoms in total. The van der Waals surface area contributed by atoms with Crippen LogP contribution < -0.4 is 0 Å². The molecule has 0 spiro atoms. The van der Waals surface area contributed by atoms with Crippen LogP contribution in [-0.4, -0.2) is 0 Å². The van der Waals surface area contributed by atoms with Crippen LogP contribution in [0.25, 0.3) is 0 Å². The lowest BCUT2D eigenvalue weighted by atomic mass is 9.56. The Kier molecular flexibility index (Phi) is 1.74. The van der Waals surface area contributed by atoms with E-state index in [2.05, 4.69) is 0 Å². The molecule has 0 saturated heterocycles. The van der Waals surface area contributed by atoms with Gasteiger partial charge < -0.3 is 0 Å². The van der Waals surface area contributed by atoms with Gasteiger partial charge in [0.05, 0.1) is 0 Å². The van der Waals surface area contributed by atoms with Crippen LogP contribution in [0.4, 0.5) is 0 Å². The first-order valence-electron chi connectivity index (χ1n) is 4.90. The lowest BCUT2D eigenvalue weighted by Gasteiger charge is -2.49. The molecule has 4 fully saturated rings. The zero-order valence-electron chi connectivity index (χ0n) is 7.05. The Balaban J connectivity index is 0.000000480. The highest BCUT2D eigenvalue weighted by Gasteiger charge is 2.41. The van der Waals surface area contributed by atoms with Gasteiger partial charge in [-0.1, -0.05) is 0 Å². The van der Waals surface area contributed by atoms with Gasteiger partial charge in [0, 0.05) is 7.43 Å². The summed E-state index contributed by atoms with van der Waals surface area (Å²) in [6.07, 6.45) is 9.62. The maximum Gasteiger partial charge on any atom is 0 e. The zero-order valence-corrected chi connectivity index (χ0v) is 7.05. The van der Waals surface area contributed by atoms with Crippen molar-refractivity contribution in [2.24, 2.45) is 23.7 Å². The summed E-state index contributed by atoms with van der Waals surface area (Å²) in [5.74, 6) is 4.71. The van der Waals surface area contributed by atoms with Gasteiger partial charge in [-0.3, -0.25) is 0 Å². The highest BCUT2D eigenvalue weighted by molar-refractivity contribution is 4.92. The Morgan fingerprint density at radius 1 is 0.455 bits per heavy atom. The van der Waals surface area contributed by atoms with Gasteiger partial charge in [0.2, 0.25) is 0 Å². The molecule has 11 heavy (non-hydrogen) atoms. The maximum atomic E-state index is 1.60. The Morgan fingerprint density at radius 2 is 0.636 bits per heavy atom. The van der Waals surface area contributed by atoms with Crippen LogP contribution in [0.1, 0.15) is 38.5 Å². The third kappa shape index (κ3) is 1.11. The normalized spacial score (nSPS) is 52.4. The van der Waals surface area contributed by atoms with Crippen molar-refractivity contribution in [3.8, 4) is 0 Å². The molecular weight excluding hydrogens is 132 g/mol. The van der Waals surface area contributed by atoms with E-state index >= 15 is 0 Å². The van der Waals surface area contributed by atoms with E-state index in [1.807, 2.05) is 0 Å². The number of hydrogen-bond donors (Lipinski definition) is 0. The van der Waals surface area contributed by atoms with E-state index < -0.39 is 0 Å². The molecule has 4 bridgehead atoms. The minimum atomic E-state index is 0. The second-order valence-electron chi connectivity index (χ2n) is 4.88. The van der Waals surface area contributed by atoms with Gasteiger partial charge in [0.25, 0.3) is 0 Å². The first-order chi connectivity index (χ1) is 4.90. The summed E-state index contributed by atoms with van der Waals surface area (Å²) in [5, 5.41) is 0. The van der Waals surface area contributed by atoms with Gasteiger partial charge in [0.15, 0.2) is 0 Å². The Bertz CT molecular complexity index is 91.6. The second-order valence-corrected chi connectivity index (χ2v) is 4.88. The summed E-state index contributed by atoms with van der Waals surface area (Å²) >= 11 is 0. The van der Waals surface area contributed by atoms with E-state index in [1.165, 1.54) is 23.7 Å². The lowest BCUT2D eigenvalue weighted by Crippen LogP contribution is -2.38. The van der Waals surface area contributed by atoms with Crippen LogP contribution >= 0.6 is 0 Å². The molecule has 0 aromatic carbocycles. The average molecular weight is 148 g/mol. The summed E-state index contributed by atoms with van der Waals surface area (Å²) in [7, 11) is 0. The van der Waals surface area contributed by atoms with Gasteiger partial charge in [-0.05, 0) is 62.2 Å². The van der Waals surface area contributed by atoms with Gasteiger partial charge in [-0.15, -0.1) is 0 Å². The fourth-order valence-electron chi connectivity index (χ4n) is 3.98. The fraction of sp³-hybridized carbons (Fsp3) is 0.909. The van der Waals surface area contributed by atoms with E-state index in [4.69, 9.17) is 0 Å². The molecule has 60 valence electrons. The van der Waals surface area contributed by atoms with E-state index in [9.17, 15) is 0 Å². The van der Waals surface area contributed by atoms with Crippen molar-refractivity contribution >= 4 is 0 Å². The first-order valence-corrected chi connectivity index (χ1v) is 4.90. The third-order valence-electron chi connectivity index (χ3n) is 4.00. The molecule has 4 aliphatic carbocycles. The van der Waals surface area contributed by atoms with Crippen molar-refractivity contribution in [3.63, 3.8) is 0 Å². The van der Waals surface area contributed by atoms with Crippen LogP contribution in [0.2, 0.25) is 0 Å². The van der Waals surface area contributed by atoms with E-state index in [1.54, 1.807) is 38.5 Å². The quantitative estimate of drug-likeness (QED) is 0.495. The molecule has 0 unspecified atom stereocenters. The van der Waals surface area contributed by atoms with Crippen LogP contribution in [0.3, 0.4) is 0 Å². The van der Waals surface area contributed by atoms with Crippen molar-refractivity contribution < 1.29 is 0 Å². The molecule has 4 aliphatic rings. The van der Waals surface area contributed by atoms with E-state index in [0.717, 1.165) is 0 Å². The van der Waals surface area contributed by atoms with Crippen molar-refractivity contribution in [1.82, 2.24) is 0 Å². The lowest BCUT2D eigenvalue weighted by molar-refractivity contribution is 0.0198. The van der Waals surface area contributed by atoms with Crippen LogP contribution in [0.5, 0.6) is 0 Å². The van der Waals surface area contributed by atoms with Crippen molar-refractivity contribution in [2.45, 2.75) is 38.5 Å². The van der Waals surface area contributed by atoms with E-state index in [-0.39, 0.29) is 7.43 Å². The summed E-state index contributed by atoms with van der Waals surface area (Å²) in [5.41, 5.74) is 0. The van der Waals surface area contributed by atoms with Crippen LogP contribution in [-0.2, 0) is 0 Å². The first kappa shape index (κ1) is 7.64. The molecule has 0 N–H and O–H groups in total. The molecular formula is C11H16. The molecule has 4 saturated carbocycles. The molecule has 0 atom stereocenters. The maximum absolute atomic E-state index is 1.60. The molecule has 4 radical (unpaired) electrons. The Labute approximate surface area is 70.4 Å². The minimum absolute atomic E-state index is 0. The van der Waals surface area contributed by atoms with Gasteiger partial charge >= 0.3 is 0 Å². The average Bonchev–Trinajstić information content (AvgIpc) is 1.82. The zero-order chi connectivity index (χ0) is 6.55. The Hall–Kier alpha value is 0. The predicted molar refractivity (Wildman–Crippen MR) is 44.9 cm³/mol. The second kappa shape index (κ2) is 2.50. The van der Waals surface area contributed by atoms with Crippen molar-refractivity contribution in [2.75, 3.05) is 0 Å². The van der Waals surface area contributed by atoms with Gasteiger partial charge in [-0.25, -0.2) is 0 Å². The number of hydrogen-bond acceptors (Lipinski definition) is 0. The SMILES string of the molecule is C1C2CC3CC1CC(C2)C3.[C]. The summed E-state index contributed by atoms with van der Waals surface area (Å²) in [6.45, 7) is 0. The fourth-order valence-corrected chi connectivity index (χ4v) is 3.98. The molecule has 0 aliphatic heterocycles. The molecule has 0 heterocycles. The van der Waals surface area contributed by atoms with Crippen molar-refractivity contribution in [3.05, 3.63) is 7.43 Å². The van der Waals surface area contributed by atoms with Crippen LogP contribution in [0.15, 0.2) is 0 Å². The van der Waals surface area contributed by atoms with Crippen LogP contribution in [0, 0.1) is 31.1 Å². The number of rotatable bonds is 0. The highest BCUT2D eigenvalue weighted by atomic mass is 14.5. The molecule has 0 amide bonds. The monoisotopic (exact) mass is 148 g/mol. The van der Waals surface area contributed by atoms with Gasteiger partial charge in [-0.2, -0.15) is 0 Å². The summed E-state index contributed by atoms with van der Waals surface area (Å²) in [4.78, 5) is 0. The van der Waals surface area contributed by atoms with E-state index in [0.29, 0.717) is 0 Å². The molecule has 4 rings (SSSR count). The van der Waals surface area contributed by atoms with Gasteiger partial charge in [0.1, 0.15) is 0 Å². The summed E-state index contributed by atoms with van der Waals surface area (Å²) in [6, 6.07) is 0. The topological polar surface area (TPSA) is 0 Å². The standard InChI is InChI=1S/C10H16.C/c1-7-2-9-4-8(1)5-10(3-7)6-9;/h7-10H,1-6H2;. The summed E-state index contributed by atoms with van der Waals surface area (Å²) < 4.78 is 0. The smallest absolute Gasteiger partial charge is 0 e. The Morgan fingerprint density at radius 3 is 0.818 bits per heavy atom. The minimum Gasteiger partial charge on any atom is -0.0475 e. The molecule has 0 heteroatoms. The third-order valence-corrected chi connectivity index (χ3v) is 4.00. The van der Waals surface area contributed by atoms with Crippen molar-refractivity contribution in [1.29, 1.82) is 0 Å². The predicted octanol–water partition coefficient (Wildman–Crippen LogP) is 2.91.